The van der Waals surface area contributed by atoms with Gasteiger partial charge in [-0.05, 0) is 43.1 Å². The average Bonchev–Trinajstić information content (AvgIpc) is 2.56. The van der Waals surface area contributed by atoms with Crippen molar-refractivity contribution in [3.63, 3.8) is 0 Å². The van der Waals surface area contributed by atoms with Crippen LogP contribution in [0, 0.1) is 5.41 Å². The van der Waals surface area contributed by atoms with E-state index in [1.807, 2.05) is 26.0 Å². The van der Waals surface area contributed by atoms with Crippen LogP contribution in [0.1, 0.15) is 48.5 Å². The lowest BCUT2D eigenvalue weighted by Crippen LogP contribution is -2.15. The predicted molar refractivity (Wildman–Crippen MR) is 84.7 cm³/mol. The molecule has 0 N–H and O–H groups in total. The van der Waals surface area contributed by atoms with E-state index >= 15 is 0 Å². The highest BCUT2D eigenvalue weighted by molar-refractivity contribution is 5.63. The molecule has 0 aliphatic heterocycles. The Hall–Kier alpha value is -1.30. The van der Waals surface area contributed by atoms with Crippen LogP contribution in [0.4, 0.5) is 0 Å². The summed E-state index contributed by atoms with van der Waals surface area (Å²) >= 11 is 0. The van der Waals surface area contributed by atoms with Crippen LogP contribution in [0.15, 0.2) is 59.3 Å². The van der Waals surface area contributed by atoms with Gasteiger partial charge in [-0.3, -0.25) is 0 Å². The second kappa shape index (κ2) is 6.58. The molecule has 0 saturated carbocycles. The maximum atomic E-state index is 3.94. The van der Waals surface area contributed by atoms with Gasteiger partial charge >= 0.3 is 0 Å². The first-order valence-corrected chi connectivity index (χ1v) is 6.76. The molecule has 0 unspecified atom stereocenters. The largest absolute Gasteiger partial charge is 0.0987 e. The highest BCUT2D eigenvalue weighted by atomic mass is 14.4. The number of hydrogen-bond acceptors (Lipinski definition) is 0. The van der Waals surface area contributed by atoms with Crippen molar-refractivity contribution in [2.75, 3.05) is 0 Å². The first kappa shape index (κ1) is 16.7. The number of rotatable bonds is 3. The van der Waals surface area contributed by atoms with E-state index in [4.69, 9.17) is 0 Å². The maximum absolute atomic E-state index is 3.94. The summed E-state index contributed by atoms with van der Waals surface area (Å²) in [6, 6.07) is 0. The normalized spacial score (nSPS) is 18.5. The lowest BCUT2D eigenvalue weighted by molar-refractivity contribution is 0.568. The molecule has 0 saturated heterocycles. The molecule has 0 atom stereocenters. The summed E-state index contributed by atoms with van der Waals surface area (Å²) in [6.45, 7) is 22.8. The minimum atomic E-state index is 0.0476. The molecule has 0 spiro atoms. The van der Waals surface area contributed by atoms with E-state index in [9.17, 15) is 0 Å². The summed E-state index contributed by atoms with van der Waals surface area (Å²) in [5.74, 6) is 0. The molecular formula is C18H28. The predicted octanol–water partition coefficient (Wildman–Crippen LogP) is 6.00. The van der Waals surface area contributed by atoms with Crippen molar-refractivity contribution in [2.24, 2.45) is 5.41 Å². The molecular weight excluding hydrogens is 216 g/mol. The Morgan fingerprint density at radius 2 is 1.61 bits per heavy atom. The zero-order chi connectivity index (χ0) is 14.5. The Labute approximate surface area is 113 Å². The molecule has 0 radical (unpaired) electrons. The fourth-order valence-corrected chi connectivity index (χ4v) is 2.84. The smallest absolute Gasteiger partial charge is 0.0157 e. The van der Waals surface area contributed by atoms with E-state index in [0.717, 1.165) is 0 Å². The van der Waals surface area contributed by atoms with E-state index < -0.39 is 0 Å². The summed E-state index contributed by atoms with van der Waals surface area (Å²) in [6.07, 6.45) is 6.09. The Morgan fingerprint density at radius 1 is 1.11 bits per heavy atom. The molecule has 0 aromatic carbocycles. The summed E-state index contributed by atoms with van der Waals surface area (Å²) in [7, 11) is 0. The average molecular weight is 244 g/mol. The molecule has 0 aromatic rings. The highest BCUT2D eigenvalue weighted by Gasteiger charge is 2.36. The standard InChI is InChI=1S/C16H22.C2H6/c1-8-11(4)15-12(5)13(9-2)14(10-3)16(15,6)7;1-2/h8-10H,2-3H2,1,4-7H3;1-2H3/b11-8-;. The van der Waals surface area contributed by atoms with Gasteiger partial charge in [0.1, 0.15) is 0 Å². The third kappa shape index (κ3) is 2.58. The summed E-state index contributed by atoms with van der Waals surface area (Å²) in [5.41, 5.74) is 6.68. The molecule has 1 aliphatic carbocycles. The first-order valence-electron chi connectivity index (χ1n) is 6.76. The SMILES string of the molecule is C=CC1=C(C=C)C(C)(C)C(/C(C)=C\C)=C1C.CC. The third-order valence-corrected chi connectivity index (χ3v) is 3.60. The summed E-state index contributed by atoms with van der Waals surface area (Å²) < 4.78 is 0. The third-order valence-electron chi connectivity index (χ3n) is 3.60. The Morgan fingerprint density at radius 3 is 1.89 bits per heavy atom. The van der Waals surface area contributed by atoms with Crippen molar-refractivity contribution < 1.29 is 0 Å². The zero-order valence-electron chi connectivity index (χ0n) is 13.1. The summed E-state index contributed by atoms with van der Waals surface area (Å²) in [5, 5.41) is 0. The fourth-order valence-electron chi connectivity index (χ4n) is 2.84. The topological polar surface area (TPSA) is 0 Å². The minimum absolute atomic E-state index is 0.0476. The van der Waals surface area contributed by atoms with Crippen LogP contribution in [0.2, 0.25) is 0 Å². The summed E-state index contributed by atoms with van der Waals surface area (Å²) in [4.78, 5) is 0. The van der Waals surface area contributed by atoms with Gasteiger partial charge in [0.25, 0.3) is 0 Å². The van der Waals surface area contributed by atoms with Crippen LogP contribution in [-0.4, -0.2) is 0 Å². The monoisotopic (exact) mass is 244 g/mol. The van der Waals surface area contributed by atoms with Crippen LogP contribution in [-0.2, 0) is 0 Å². The molecule has 18 heavy (non-hydrogen) atoms. The van der Waals surface area contributed by atoms with Gasteiger partial charge in [0.15, 0.2) is 0 Å². The van der Waals surface area contributed by atoms with Crippen molar-refractivity contribution in [1.29, 1.82) is 0 Å². The van der Waals surface area contributed by atoms with Crippen molar-refractivity contribution in [3.05, 3.63) is 59.3 Å². The molecule has 0 aromatic heterocycles. The van der Waals surface area contributed by atoms with Crippen LogP contribution in [0.25, 0.3) is 0 Å². The van der Waals surface area contributed by atoms with Gasteiger partial charge in [-0.2, -0.15) is 0 Å². The van der Waals surface area contributed by atoms with Gasteiger partial charge in [0.2, 0.25) is 0 Å². The molecule has 0 heterocycles. The number of hydrogen-bond donors (Lipinski definition) is 0. The van der Waals surface area contributed by atoms with Crippen LogP contribution in [0.3, 0.4) is 0 Å². The molecule has 0 fully saturated rings. The Balaban J connectivity index is 0.00000137. The van der Waals surface area contributed by atoms with Gasteiger partial charge in [-0.1, -0.05) is 64.7 Å². The van der Waals surface area contributed by atoms with Crippen molar-refractivity contribution in [3.8, 4) is 0 Å². The van der Waals surface area contributed by atoms with Crippen molar-refractivity contribution >= 4 is 0 Å². The second-order valence-electron chi connectivity index (χ2n) is 4.83. The highest BCUT2D eigenvalue weighted by Crippen LogP contribution is 2.50. The van der Waals surface area contributed by atoms with Gasteiger partial charge in [0.05, 0.1) is 0 Å². The quantitative estimate of drug-likeness (QED) is 0.571. The van der Waals surface area contributed by atoms with Crippen molar-refractivity contribution in [1.82, 2.24) is 0 Å². The van der Waals surface area contributed by atoms with Crippen LogP contribution < -0.4 is 0 Å². The lowest BCUT2D eigenvalue weighted by atomic mass is 9.77. The van der Waals surface area contributed by atoms with E-state index in [1.165, 1.54) is 27.9 Å². The van der Waals surface area contributed by atoms with E-state index in [-0.39, 0.29) is 5.41 Å². The van der Waals surface area contributed by atoms with Crippen molar-refractivity contribution in [2.45, 2.75) is 48.5 Å². The zero-order valence-corrected chi connectivity index (χ0v) is 13.1. The molecule has 100 valence electrons. The fraction of sp³-hybridized carbons (Fsp3) is 0.444. The van der Waals surface area contributed by atoms with Gasteiger partial charge in [0, 0.05) is 5.41 Å². The van der Waals surface area contributed by atoms with E-state index in [2.05, 4.69) is 53.9 Å². The Kier molecular flexibility index (Phi) is 6.11. The molecule has 0 heteroatoms. The van der Waals surface area contributed by atoms with Crippen LogP contribution in [0.5, 0.6) is 0 Å². The van der Waals surface area contributed by atoms with Gasteiger partial charge in [-0.15, -0.1) is 0 Å². The van der Waals surface area contributed by atoms with E-state index in [1.54, 1.807) is 0 Å². The molecule has 0 nitrogen and oxygen atoms in total. The first-order chi connectivity index (χ1) is 8.41. The van der Waals surface area contributed by atoms with Gasteiger partial charge < -0.3 is 0 Å². The Bertz CT molecular complexity index is 423. The molecule has 0 amide bonds. The minimum Gasteiger partial charge on any atom is -0.0987 e. The maximum Gasteiger partial charge on any atom is 0.0157 e. The van der Waals surface area contributed by atoms with E-state index in [0.29, 0.717) is 0 Å². The lowest BCUT2D eigenvalue weighted by Gasteiger charge is -2.26. The molecule has 1 aliphatic rings. The number of allylic oxidation sites excluding steroid dienone is 8. The van der Waals surface area contributed by atoms with Gasteiger partial charge in [-0.25, -0.2) is 0 Å². The molecule has 1 rings (SSSR count). The molecule has 0 bridgehead atoms. The van der Waals surface area contributed by atoms with Crippen LogP contribution >= 0.6 is 0 Å². The second-order valence-corrected chi connectivity index (χ2v) is 4.83.